The predicted molar refractivity (Wildman–Crippen MR) is 82.9 cm³/mol. The average molecular weight is 274 g/mol. The molecule has 0 heterocycles. The molecule has 1 nitrogen and oxygen atoms in total. The molecule has 0 fully saturated rings. The third kappa shape index (κ3) is 3.17. The quantitative estimate of drug-likeness (QED) is 0.855. The van der Waals surface area contributed by atoms with Crippen molar-refractivity contribution in [3.8, 4) is 0 Å². The lowest BCUT2D eigenvalue weighted by Gasteiger charge is -2.22. The van der Waals surface area contributed by atoms with Crippen LogP contribution < -0.4 is 5.32 Å². The Morgan fingerprint density at radius 1 is 1.11 bits per heavy atom. The van der Waals surface area contributed by atoms with E-state index in [1.807, 2.05) is 12.1 Å². The number of hydrogen-bond donors (Lipinski definition) is 1. The number of aryl methyl sites for hydroxylation is 1. The predicted octanol–water partition coefficient (Wildman–Crippen LogP) is 4.66. The summed E-state index contributed by atoms with van der Waals surface area (Å²) in [6.45, 7) is 7.25. The van der Waals surface area contributed by atoms with Crippen LogP contribution in [0, 0.1) is 13.8 Å². The highest BCUT2D eigenvalue weighted by Crippen LogP contribution is 2.29. The molecule has 2 heteroatoms. The van der Waals surface area contributed by atoms with Crippen molar-refractivity contribution >= 4 is 11.6 Å². The highest BCUT2D eigenvalue weighted by molar-refractivity contribution is 6.31. The van der Waals surface area contributed by atoms with Crippen LogP contribution >= 0.6 is 11.6 Å². The Balaban J connectivity index is 2.48. The minimum absolute atomic E-state index is 0.198. The van der Waals surface area contributed by atoms with E-state index in [9.17, 15) is 0 Å². The maximum absolute atomic E-state index is 6.25. The standard InChI is InChI=1S/C17H20ClN/c1-4-19-17(14-8-5-7-12(2)11-14)15-9-6-10-16(18)13(15)3/h5-11,17,19H,4H2,1-3H3. The van der Waals surface area contributed by atoms with Crippen molar-refractivity contribution in [2.24, 2.45) is 0 Å². The Hall–Kier alpha value is -1.31. The summed E-state index contributed by atoms with van der Waals surface area (Å²) in [6.07, 6.45) is 0. The topological polar surface area (TPSA) is 12.0 Å². The Bertz CT molecular complexity index is 563. The summed E-state index contributed by atoms with van der Waals surface area (Å²) in [7, 11) is 0. The van der Waals surface area contributed by atoms with Crippen LogP contribution in [0.15, 0.2) is 42.5 Å². The van der Waals surface area contributed by atoms with E-state index in [0.29, 0.717) is 0 Å². The van der Waals surface area contributed by atoms with E-state index < -0.39 is 0 Å². The van der Waals surface area contributed by atoms with Crippen LogP contribution in [0.1, 0.15) is 35.2 Å². The number of halogens is 1. The van der Waals surface area contributed by atoms with Gasteiger partial charge in [0.05, 0.1) is 6.04 Å². The lowest BCUT2D eigenvalue weighted by Crippen LogP contribution is -2.22. The van der Waals surface area contributed by atoms with Crippen LogP contribution in [0.3, 0.4) is 0 Å². The van der Waals surface area contributed by atoms with Gasteiger partial charge in [-0.05, 0) is 43.1 Å². The van der Waals surface area contributed by atoms with Crippen molar-refractivity contribution in [3.05, 3.63) is 69.7 Å². The van der Waals surface area contributed by atoms with Crippen LogP contribution in [0.5, 0.6) is 0 Å². The molecule has 0 spiro atoms. The van der Waals surface area contributed by atoms with E-state index in [2.05, 4.69) is 56.4 Å². The molecule has 0 saturated heterocycles. The summed E-state index contributed by atoms with van der Waals surface area (Å²) in [5.41, 5.74) is 4.96. The van der Waals surface area contributed by atoms with E-state index >= 15 is 0 Å². The Morgan fingerprint density at radius 2 is 1.84 bits per heavy atom. The Kier molecular flexibility index (Phi) is 4.62. The number of nitrogens with one attached hydrogen (secondary N) is 1. The van der Waals surface area contributed by atoms with E-state index in [1.165, 1.54) is 16.7 Å². The molecule has 1 N–H and O–H groups in total. The molecule has 2 aromatic rings. The molecule has 0 aliphatic heterocycles. The third-order valence-electron chi connectivity index (χ3n) is 3.40. The monoisotopic (exact) mass is 273 g/mol. The van der Waals surface area contributed by atoms with E-state index in [-0.39, 0.29) is 6.04 Å². The van der Waals surface area contributed by atoms with Gasteiger partial charge in [-0.3, -0.25) is 0 Å². The smallest absolute Gasteiger partial charge is 0.0579 e. The van der Waals surface area contributed by atoms with E-state index in [1.54, 1.807) is 0 Å². The molecule has 0 radical (unpaired) electrons. The minimum Gasteiger partial charge on any atom is -0.307 e. The molecule has 0 amide bonds. The summed E-state index contributed by atoms with van der Waals surface area (Å²) in [5.74, 6) is 0. The van der Waals surface area contributed by atoms with Gasteiger partial charge in [0.25, 0.3) is 0 Å². The molecule has 2 rings (SSSR count). The summed E-state index contributed by atoms with van der Waals surface area (Å²) >= 11 is 6.25. The zero-order chi connectivity index (χ0) is 13.8. The molecule has 0 aliphatic carbocycles. The number of rotatable bonds is 4. The van der Waals surface area contributed by atoms with Gasteiger partial charge in [0.15, 0.2) is 0 Å². The summed E-state index contributed by atoms with van der Waals surface area (Å²) in [4.78, 5) is 0. The van der Waals surface area contributed by atoms with Gasteiger partial charge in [-0.2, -0.15) is 0 Å². The van der Waals surface area contributed by atoms with Crippen molar-refractivity contribution < 1.29 is 0 Å². The maximum atomic E-state index is 6.25. The fourth-order valence-electron chi connectivity index (χ4n) is 2.40. The molecule has 100 valence electrons. The Morgan fingerprint density at radius 3 is 2.53 bits per heavy atom. The fraction of sp³-hybridized carbons (Fsp3) is 0.294. The number of hydrogen-bond acceptors (Lipinski definition) is 1. The van der Waals surface area contributed by atoms with Gasteiger partial charge in [0.1, 0.15) is 0 Å². The second kappa shape index (κ2) is 6.23. The highest BCUT2D eigenvalue weighted by atomic mass is 35.5. The molecule has 0 bridgehead atoms. The van der Waals surface area contributed by atoms with Crippen molar-refractivity contribution in [1.82, 2.24) is 5.32 Å². The van der Waals surface area contributed by atoms with Crippen LogP contribution in [-0.4, -0.2) is 6.54 Å². The normalized spacial score (nSPS) is 12.4. The SMILES string of the molecule is CCNC(c1cccc(C)c1)c1cccc(Cl)c1C. The lowest BCUT2D eigenvalue weighted by molar-refractivity contribution is 0.627. The van der Waals surface area contributed by atoms with E-state index in [0.717, 1.165) is 17.1 Å². The zero-order valence-electron chi connectivity index (χ0n) is 11.7. The summed E-state index contributed by atoms with van der Waals surface area (Å²) < 4.78 is 0. The van der Waals surface area contributed by atoms with Gasteiger partial charge in [0, 0.05) is 5.02 Å². The molecule has 1 atom stereocenters. The number of benzene rings is 2. The first-order valence-corrected chi connectivity index (χ1v) is 7.06. The van der Waals surface area contributed by atoms with Crippen molar-refractivity contribution in [3.63, 3.8) is 0 Å². The van der Waals surface area contributed by atoms with Gasteiger partial charge >= 0.3 is 0 Å². The van der Waals surface area contributed by atoms with Gasteiger partial charge in [-0.25, -0.2) is 0 Å². The molecule has 0 saturated carbocycles. The molecule has 1 unspecified atom stereocenters. The molecule has 0 aliphatic rings. The van der Waals surface area contributed by atoms with Crippen molar-refractivity contribution in [2.75, 3.05) is 6.54 Å². The second-order valence-corrected chi connectivity index (χ2v) is 5.27. The van der Waals surface area contributed by atoms with Gasteiger partial charge in [-0.15, -0.1) is 0 Å². The third-order valence-corrected chi connectivity index (χ3v) is 3.81. The van der Waals surface area contributed by atoms with Gasteiger partial charge in [-0.1, -0.05) is 60.5 Å². The molecular weight excluding hydrogens is 254 g/mol. The zero-order valence-corrected chi connectivity index (χ0v) is 12.5. The van der Waals surface area contributed by atoms with E-state index in [4.69, 9.17) is 11.6 Å². The second-order valence-electron chi connectivity index (χ2n) is 4.86. The first-order valence-electron chi connectivity index (χ1n) is 6.68. The van der Waals surface area contributed by atoms with Crippen molar-refractivity contribution in [1.29, 1.82) is 0 Å². The lowest BCUT2D eigenvalue weighted by atomic mass is 9.94. The van der Waals surface area contributed by atoms with Crippen molar-refractivity contribution in [2.45, 2.75) is 26.8 Å². The molecule has 2 aromatic carbocycles. The summed E-state index contributed by atoms with van der Waals surface area (Å²) in [6, 6.07) is 14.9. The average Bonchev–Trinajstić information content (AvgIpc) is 2.40. The fourth-order valence-corrected chi connectivity index (χ4v) is 2.58. The molecular formula is C17H20ClN. The van der Waals surface area contributed by atoms with Crippen LogP contribution in [-0.2, 0) is 0 Å². The first kappa shape index (κ1) is 14.1. The molecule has 0 aromatic heterocycles. The van der Waals surface area contributed by atoms with Gasteiger partial charge < -0.3 is 5.32 Å². The highest BCUT2D eigenvalue weighted by Gasteiger charge is 2.16. The first-order chi connectivity index (χ1) is 9.13. The Labute approximate surface area is 120 Å². The van der Waals surface area contributed by atoms with Crippen LogP contribution in [0.25, 0.3) is 0 Å². The largest absolute Gasteiger partial charge is 0.307 e. The summed E-state index contributed by atoms with van der Waals surface area (Å²) in [5, 5.41) is 4.38. The van der Waals surface area contributed by atoms with Crippen LogP contribution in [0.2, 0.25) is 5.02 Å². The minimum atomic E-state index is 0.198. The molecule has 19 heavy (non-hydrogen) atoms. The van der Waals surface area contributed by atoms with Gasteiger partial charge in [0.2, 0.25) is 0 Å². The maximum Gasteiger partial charge on any atom is 0.0579 e. The van der Waals surface area contributed by atoms with Crippen LogP contribution in [0.4, 0.5) is 0 Å².